The van der Waals surface area contributed by atoms with Crippen molar-refractivity contribution in [2.45, 2.75) is 13.0 Å². The Morgan fingerprint density at radius 1 is 1.41 bits per heavy atom. The van der Waals surface area contributed by atoms with Gasteiger partial charge in [-0.25, -0.2) is 4.98 Å². The van der Waals surface area contributed by atoms with Crippen LogP contribution in [0.2, 0.25) is 0 Å². The van der Waals surface area contributed by atoms with E-state index in [2.05, 4.69) is 45.3 Å². The zero-order chi connectivity index (χ0) is 12.3. The highest BCUT2D eigenvalue weighted by atomic mass is 79.9. The molecular formula is C12H13BrN2OS. The van der Waals surface area contributed by atoms with Gasteiger partial charge in [-0.1, -0.05) is 0 Å². The molecule has 0 radical (unpaired) electrons. The van der Waals surface area contributed by atoms with Crippen molar-refractivity contribution in [3.63, 3.8) is 0 Å². The van der Waals surface area contributed by atoms with Crippen LogP contribution in [0.5, 0.6) is 5.88 Å². The average Bonchev–Trinajstić information content (AvgIpc) is 2.77. The zero-order valence-electron chi connectivity index (χ0n) is 9.61. The predicted molar refractivity (Wildman–Crippen MR) is 74.8 cm³/mol. The molecule has 2 rings (SSSR count). The second-order valence-corrected chi connectivity index (χ2v) is 6.06. The van der Waals surface area contributed by atoms with Gasteiger partial charge in [0.15, 0.2) is 0 Å². The third-order valence-corrected chi connectivity index (χ3v) is 4.16. The van der Waals surface area contributed by atoms with Crippen LogP contribution in [-0.4, -0.2) is 12.1 Å². The molecule has 1 unspecified atom stereocenters. The SMILES string of the molecule is COc1ncccc1NC(C)c1ccc(Br)s1. The van der Waals surface area contributed by atoms with E-state index in [9.17, 15) is 0 Å². The molecule has 0 aliphatic heterocycles. The lowest BCUT2D eigenvalue weighted by molar-refractivity contribution is 0.399. The highest BCUT2D eigenvalue weighted by Gasteiger charge is 2.10. The molecule has 0 saturated carbocycles. The van der Waals surface area contributed by atoms with Gasteiger partial charge in [0.25, 0.3) is 0 Å². The molecule has 0 aliphatic carbocycles. The first-order valence-corrected chi connectivity index (χ1v) is 6.82. The highest BCUT2D eigenvalue weighted by Crippen LogP contribution is 2.31. The van der Waals surface area contributed by atoms with Gasteiger partial charge < -0.3 is 10.1 Å². The van der Waals surface area contributed by atoms with Crippen LogP contribution in [0.4, 0.5) is 5.69 Å². The molecule has 0 fully saturated rings. The summed E-state index contributed by atoms with van der Waals surface area (Å²) < 4.78 is 6.35. The van der Waals surface area contributed by atoms with Crippen molar-refractivity contribution >= 4 is 33.0 Å². The normalized spacial score (nSPS) is 12.2. The Bertz CT molecular complexity index is 501. The van der Waals surface area contributed by atoms with Crippen LogP contribution in [-0.2, 0) is 0 Å². The fourth-order valence-corrected chi connectivity index (χ4v) is 2.95. The van der Waals surface area contributed by atoms with Gasteiger partial charge in [-0.05, 0) is 47.1 Å². The van der Waals surface area contributed by atoms with Gasteiger partial charge in [-0.3, -0.25) is 0 Å². The van der Waals surface area contributed by atoms with E-state index in [0.717, 1.165) is 9.47 Å². The molecule has 0 amide bonds. The molecular weight excluding hydrogens is 300 g/mol. The van der Waals surface area contributed by atoms with E-state index in [1.165, 1.54) is 4.88 Å². The minimum absolute atomic E-state index is 0.226. The van der Waals surface area contributed by atoms with Gasteiger partial charge in [0.2, 0.25) is 5.88 Å². The van der Waals surface area contributed by atoms with Crippen molar-refractivity contribution in [2.75, 3.05) is 12.4 Å². The van der Waals surface area contributed by atoms with E-state index in [-0.39, 0.29) is 6.04 Å². The maximum atomic E-state index is 5.21. The van der Waals surface area contributed by atoms with Gasteiger partial charge in [0.1, 0.15) is 0 Å². The van der Waals surface area contributed by atoms with E-state index in [4.69, 9.17) is 4.74 Å². The zero-order valence-corrected chi connectivity index (χ0v) is 12.0. The number of pyridine rings is 1. The molecule has 0 aliphatic rings. The summed E-state index contributed by atoms with van der Waals surface area (Å²) in [5.41, 5.74) is 0.909. The van der Waals surface area contributed by atoms with Crippen LogP contribution in [0.3, 0.4) is 0 Å². The summed E-state index contributed by atoms with van der Waals surface area (Å²) >= 11 is 5.19. The Morgan fingerprint density at radius 2 is 2.24 bits per heavy atom. The predicted octanol–water partition coefficient (Wildman–Crippen LogP) is 4.09. The third-order valence-electron chi connectivity index (χ3n) is 2.36. The van der Waals surface area contributed by atoms with Crippen LogP contribution in [0, 0.1) is 0 Å². The van der Waals surface area contributed by atoms with E-state index >= 15 is 0 Å². The van der Waals surface area contributed by atoms with Gasteiger partial charge in [0.05, 0.1) is 22.6 Å². The first-order chi connectivity index (χ1) is 8.20. The lowest BCUT2D eigenvalue weighted by Crippen LogP contribution is -2.06. The van der Waals surface area contributed by atoms with Crippen molar-refractivity contribution in [1.82, 2.24) is 4.98 Å². The number of ether oxygens (including phenoxy) is 1. The summed E-state index contributed by atoms with van der Waals surface area (Å²) in [5.74, 6) is 0.620. The quantitative estimate of drug-likeness (QED) is 0.923. The number of rotatable bonds is 4. The summed E-state index contributed by atoms with van der Waals surface area (Å²) in [5, 5.41) is 3.39. The topological polar surface area (TPSA) is 34.1 Å². The summed E-state index contributed by atoms with van der Waals surface area (Å²) in [4.78, 5) is 5.42. The molecule has 3 nitrogen and oxygen atoms in total. The van der Waals surface area contributed by atoms with Crippen molar-refractivity contribution in [2.24, 2.45) is 0 Å². The molecule has 1 N–H and O–H groups in total. The second kappa shape index (κ2) is 5.51. The number of aromatic nitrogens is 1. The standard InChI is InChI=1S/C12H13BrN2OS/c1-8(10-5-6-11(13)17-10)15-9-4-3-7-14-12(9)16-2/h3-8,15H,1-2H3. The number of nitrogens with zero attached hydrogens (tertiary/aromatic N) is 1. The van der Waals surface area contributed by atoms with Crippen LogP contribution in [0.1, 0.15) is 17.8 Å². The fourth-order valence-electron chi connectivity index (χ4n) is 1.53. The van der Waals surface area contributed by atoms with E-state index in [0.29, 0.717) is 5.88 Å². The van der Waals surface area contributed by atoms with Crippen molar-refractivity contribution < 1.29 is 4.74 Å². The molecule has 0 spiro atoms. The van der Waals surface area contributed by atoms with Crippen LogP contribution in [0.15, 0.2) is 34.2 Å². The van der Waals surface area contributed by atoms with E-state index < -0.39 is 0 Å². The van der Waals surface area contributed by atoms with Gasteiger partial charge in [-0.2, -0.15) is 0 Å². The third kappa shape index (κ3) is 2.98. The van der Waals surface area contributed by atoms with E-state index in [1.807, 2.05) is 12.1 Å². The molecule has 0 bridgehead atoms. The Morgan fingerprint density at radius 3 is 2.88 bits per heavy atom. The number of hydrogen-bond donors (Lipinski definition) is 1. The molecule has 17 heavy (non-hydrogen) atoms. The number of methoxy groups -OCH3 is 1. The monoisotopic (exact) mass is 312 g/mol. The van der Waals surface area contributed by atoms with Crippen LogP contribution in [0.25, 0.3) is 0 Å². The lowest BCUT2D eigenvalue weighted by atomic mass is 10.2. The number of hydrogen-bond acceptors (Lipinski definition) is 4. The second-order valence-electron chi connectivity index (χ2n) is 3.57. The van der Waals surface area contributed by atoms with E-state index in [1.54, 1.807) is 24.6 Å². The summed E-state index contributed by atoms with van der Waals surface area (Å²) in [6.07, 6.45) is 1.72. The number of nitrogens with one attached hydrogen (secondary N) is 1. The van der Waals surface area contributed by atoms with Gasteiger partial charge in [0, 0.05) is 11.1 Å². The molecule has 0 aromatic carbocycles. The fraction of sp³-hybridized carbons (Fsp3) is 0.250. The molecule has 2 aromatic rings. The Hall–Kier alpha value is -1.07. The highest BCUT2D eigenvalue weighted by molar-refractivity contribution is 9.11. The number of anilines is 1. The molecule has 2 heterocycles. The van der Waals surface area contributed by atoms with Crippen LogP contribution < -0.4 is 10.1 Å². The summed E-state index contributed by atoms with van der Waals surface area (Å²) in [7, 11) is 1.62. The maximum Gasteiger partial charge on any atom is 0.237 e. The molecule has 5 heteroatoms. The van der Waals surface area contributed by atoms with Gasteiger partial charge in [-0.15, -0.1) is 11.3 Å². The lowest BCUT2D eigenvalue weighted by Gasteiger charge is -2.15. The molecule has 1 atom stereocenters. The molecule has 0 saturated heterocycles. The average molecular weight is 313 g/mol. The number of thiophene rings is 1. The van der Waals surface area contributed by atoms with Crippen molar-refractivity contribution in [3.05, 3.63) is 39.1 Å². The first-order valence-electron chi connectivity index (χ1n) is 5.21. The first kappa shape index (κ1) is 12.4. The minimum atomic E-state index is 0.226. The van der Waals surface area contributed by atoms with Gasteiger partial charge >= 0.3 is 0 Å². The molecule has 2 aromatic heterocycles. The largest absolute Gasteiger partial charge is 0.480 e. The Labute approximate surface area is 113 Å². The van der Waals surface area contributed by atoms with Crippen LogP contribution >= 0.6 is 27.3 Å². The Kier molecular flexibility index (Phi) is 4.02. The summed E-state index contributed by atoms with van der Waals surface area (Å²) in [6.45, 7) is 2.12. The molecule has 90 valence electrons. The minimum Gasteiger partial charge on any atom is -0.480 e. The summed E-state index contributed by atoms with van der Waals surface area (Å²) in [6, 6.07) is 8.24. The maximum absolute atomic E-state index is 5.21. The van der Waals surface area contributed by atoms with Crippen molar-refractivity contribution in [1.29, 1.82) is 0 Å². The van der Waals surface area contributed by atoms with Crippen molar-refractivity contribution in [3.8, 4) is 5.88 Å². The Balaban J connectivity index is 2.15. The number of halogens is 1. The smallest absolute Gasteiger partial charge is 0.237 e.